The van der Waals surface area contributed by atoms with Gasteiger partial charge in [-0.25, -0.2) is 87.8 Å². The van der Waals surface area contributed by atoms with Gasteiger partial charge in [-0.2, -0.15) is 17.6 Å². The molecule has 0 unspecified atom stereocenters. The zero-order valence-electron chi connectivity index (χ0n) is 70.8. The molecule has 133 heavy (non-hydrogen) atoms. The van der Waals surface area contributed by atoms with Crippen molar-refractivity contribution in [1.29, 1.82) is 0 Å². The average Bonchev–Trinajstić information content (AvgIpc) is 0.761. The first kappa shape index (κ1) is 106. The predicted octanol–water partition coefficient (Wildman–Crippen LogP) is 24.8. The molecular formula is C96H71B3Br2F24O8. The van der Waals surface area contributed by atoms with E-state index < -0.39 is 200 Å². The van der Waals surface area contributed by atoms with E-state index in [4.69, 9.17) is 30.1 Å². The number of hydrogen-bond donors (Lipinski definition) is 6. The molecule has 14 rings (SSSR count). The third-order valence-corrected chi connectivity index (χ3v) is 21.1. The SMILES string of the molecule is Cc1ccc(-c2ccc(-c3cc(F)c(C(F)(F)Oc4cc(F)c(F)c(F)c4)c(F)c3)c(F)c2F)cc1C.Cc1ccc(-c2ccc(B(O)O)c(F)c2F)cc1C.Cc1ccc(-c2ccc(B(O)O)c(F)c2F)cc1C.Cc1ccc(-c2cccc(F)c2F)cc1C.Cc1ccc(Br)cc1C.Fc1cc(OC(F)(F)c2c(F)cc(Br)cc2F)cc(F)c1F.OB(O)c1cccc(F)c1F. The summed E-state index contributed by atoms with van der Waals surface area (Å²) in [5.74, 6) is -32.0. The normalized spacial score (nSPS) is 10.9. The fourth-order valence-corrected chi connectivity index (χ4v) is 13.0. The van der Waals surface area contributed by atoms with Crippen LogP contribution in [-0.4, -0.2) is 51.5 Å². The summed E-state index contributed by atoms with van der Waals surface area (Å²) in [5.41, 5.74) is 6.95. The lowest BCUT2D eigenvalue weighted by Gasteiger charge is -2.20. The number of benzene rings is 14. The molecule has 37 heteroatoms. The van der Waals surface area contributed by atoms with E-state index in [-0.39, 0.29) is 45.4 Å². The van der Waals surface area contributed by atoms with Crippen LogP contribution in [0.1, 0.15) is 66.8 Å². The molecule has 0 aromatic heterocycles. The number of rotatable bonds is 14. The van der Waals surface area contributed by atoms with Crippen LogP contribution in [0.4, 0.5) is 105 Å². The predicted molar refractivity (Wildman–Crippen MR) is 466 cm³/mol. The van der Waals surface area contributed by atoms with E-state index in [1.807, 2.05) is 72.7 Å². The van der Waals surface area contributed by atoms with Gasteiger partial charge in [-0.1, -0.05) is 171 Å². The quantitative estimate of drug-likeness (QED) is 0.0359. The van der Waals surface area contributed by atoms with Crippen LogP contribution >= 0.6 is 31.9 Å². The molecule has 8 nitrogen and oxygen atoms in total. The van der Waals surface area contributed by atoms with E-state index >= 15 is 0 Å². The van der Waals surface area contributed by atoms with E-state index in [2.05, 4.69) is 73.4 Å². The van der Waals surface area contributed by atoms with Gasteiger partial charge in [-0.15, -0.1) is 0 Å². The molecule has 694 valence electrons. The molecule has 0 bridgehead atoms. The van der Waals surface area contributed by atoms with Gasteiger partial charge < -0.3 is 39.6 Å². The van der Waals surface area contributed by atoms with Gasteiger partial charge in [-0.05, 0) is 201 Å². The molecule has 0 saturated heterocycles. The molecular weight excluding hydrogens is 1930 g/mol. The Balaban J connectivity index is 0.000000200. The van der Waals surface area contributed by atoms with Gasteiger partial charge in [0.25, 0.3) is 0 Å². The van der Waals surface area contributed by atoms with Crippen molar-refractivity contribution in [2.24, 2.45) is 0 Å². The van der Waals surface area contributed by atoms with Crippen molar-refractivity contribution in [1.82, 2.24) is 0 Å². The van der Waals surface area contributed by atoms with Crippen molar-refractivity contribution in [3.05, 3.63) is 404 Å². The Hall–Kier alpha value is -12.1. The summed E-state index contributed by atoms with van der Waals surface area (Å²) in [5, 5.41) is 52.6. The second kappa shape index (κ2) is 45.6. The van der Waals surface area contributed by atoms with E-state index in [1.54, 1.807) is 61.5 Å². The molecule has 0 radical (unpaired) electrons. The average molecular weight is 2000 g/mol. The molecule has 14 aromatic carbocycles. The van der Waals surface area contributed by atoms with Crippen molar-refractivity contribution in [3.8, 4) is 67.1 Å². The second-order valence-corrected chi connectivity index (χ2v) is 31.3. The first-order valence-electron chi connectivity index (χ1n) is 38.7. The van der Waals surface area contributed by atoms with E-state index in [0.29, 0.717) is 52.1 Å². The summed E-state index contributed by atoms with van der Waals surface area (Å²) in [7, 11) is -6.02. The van der Waals surface area contributed by atoms with Crippen molar-refractivity contribution in [2.45, 2.75) is 81.5 Å². The molecule has 0 spiro atoms. The smallest absolute Gasteiger partial charge is 0.429 e. The van der Waals surface area contributed by atoms with Gasteiger partial charge in [0.15, 0.2) is 93.1 Å². The number of alkyl halides is 4. The molecule has 0 saturated carbocycles. The molecule has 14 aromatic rings. The van der Waals surface area contributed by atoms with Crippen LogP contribution in [0, 0.1) is 186 Å². The summed E-state index contributed by atoms with van der Waals surface area (Å²) < 4.78 is 337. The summed E-state index contributed by atoms with van der Waals surface area (Å²) in [4.78, 5) is 0. The lowest BCUT2D eigenvalue weighted by molar-refractivity contribution is -0.190. The van der Waals surface area contributed by atoms with Crippen LogP contribution in [0.15, 0.2) is 221 Å². The fourth-order valence-electron chi connectivity index (χ4n) is 12.2. The summed E-state index contributed by atoms with van der Waals surface area (Å²) in [6, 6.07) is 44.2. The minimum absolute atomic E-state index is 0.0613. The van der Waals surface area contributed by atoms with Crippen LogP contribution in [0.2, 0.25) is 0 Å². The third-order valence-electron chi connectivity index (χ3n) is 20.2. The number of ether oxygens (including phenoxy) is 2. The second-order valence-electron chi connectivity index (χ2n) is 29.4. The topological polar surface area (TPSA) is 140 Å². The monoisotopic (exact) mass is 2000 g/mol. The molecule has 6 N–H and O–H groups in total. The van der Waals surface area contributed by atoms with Gasteiger partial charge in [0.05, 0.1) is 0 Å². The molecule has 0 aliphatic carbocycles. The molecule has 0 amide bonds. The van der Waals surface area contributed by atoms with Crippen LogP contribution in [0.5, 0.6) is 11.5 Å². The zero-order valence-corrected chi connectivity index (χ0v) is 73.9. The third kappa shape index (κ3) is 26.7. The number of halogens is 26. The first-order valence-corrected chi connectivity index (χ1v) is 40.3. The highest BCUT2D eigenvalue weighted by Crippen LogP contribution is 2.42. The van der Waals surface area contributed by atoms with Gasteiger partial charge >= 0.3 is 33.6 Å². The lowest BCUT2D eigenvalue weighted by atomic mass is 9.79. The van der Waals surface area contributed by atoms with Crippen LogP contribution in [0.25, 0.3) is 55.6 Å². The Morgan fingerprint density at radius 1 is 0.218 bits per heavy atom. The van der Waals surface area contributed by atoms with Gasteiger partial charge in [0.1, 0.15) is 45.9 Å². The maximum atomic E-state index is 14.9. The molecule has 0 aliphatic heterocycles. The highest BCUT2D eigenvalue weighted by molar-refractivity contribution is 9.10. The van der Waals surface area contributed by atoms with Gasteiger partial charge in [0, 0.05) is 77.4 Å². The maximum absolute atomic E-state index is 14.9. The van der Waals surface area contributed by atoms with E-state index in [0.717, 1.165) is 73.2 Å². The van der Waals surface area contributed by atoms with E-state index in [9.17, 15) is 105 Å². The Labute approximate surface area is 763 Å². The molecule has 0 atom stereocenters. The molecule has 0 fully saturated rings. The van der Waals surface area contributed by atoms with Crippen LogP contribution < -0.4 is 25.9 Å². The number of aryl methyl sites for hydroxylation is 10. The first-order chi connectivity index (χ1) is 62.2. The lowest BCUT2D eigenvalue weighted by Crippen LogP contribution is -2.33. The summed E-state index contributed by atoms with van der Waals surface area (Å²) >= 11 is 6.10. The summed E-state index contributed by atoms with van der Waals surface area (Å²) in [6.45, 7) is 19.4. The van der Waals surface area contributed by atoms with Crippen molar-refractivity contribution in [2.75, 3.05) is 0 Å². The van der Waals surface area contributed by atoms with Gasteiger partial charge in [0.2, 0.25) is 0 Å². The molecule has 0 heterocycles. The standard InChI is InChI=1S/C27H15F9O.2C14H13BF2O2.C14H12F2.C13H4BrF7O.C8H9Br.C6H5BF2O2/c1-12-3-4-14(7-13(12)2)17-5-6-18(25(33)24(17)32)15-8-19(28)23(20(29)9-15)27(35,36)37-16-10-21(30)26(34)22(31)11-16;2*1-8-3-4-10(7-9(8)2)11-5-6-12(15(18)19)14(17)13(11)16;1-9-6-7-11(8-10(9)2)12-4-3-5-13(15)14(12)16;14-5-1-7(15)11(8(16)2-5)13(20,21)22-6-3-9(17)12(19)10(18)4-6;1-6-3-4-8(9)5-7(6)2;8-5-3-1-2-4(6(5)9)7(10)11/h3-11H,1-2H3;2*3-7,18-19H,1-2H3;3-8H,1-2H3;1-4H;3-5H,1-2H3;1-3,10-11H. The van der Waals surface area contributed by atoms with Crippen molar-refractivity contribution >= 4 is 69.6 Å². The fraction of sp³-hybridized carbons (Fsp3) is 0.125. The highest BCUT2D eigenvalue weighted by atomic mass is 79.9. The Morgan fingerprint density at radius 3 is 0.782 bits per heavy atom. The highest BCUT2D eigenvalue weighted by Gasteiger charge is 2.43. The largest absolute Gasteiger partial charge is 0.491 e. The Kier molecular flexibility index (Phi) is 36.4. The Bertz CT molecular complexity index is 6410. The maximum Gasteiger partial charge on any atom is 0.491 e. The van der Waals surface area contributed by atoms with Crippen molar-refractivity contribution < 1.29 is 145 Å². The minimum Gasteiger partial charge on any atom is -0.429 e. The van der Waals surface area contributed by atoms with Crippen molar-refractivity contribution in [3.63, 3.8) is 0 Å². The van der Waals surface area contributed by atoms with Gasteiger partial charge in [-0.3, -0.25) is 0 Å². The van der Waals surface area contributed by atoms with Crippen LogP contribution in [-0.2, 0) is 12.2 Å². The number of hydrogen-bond acceptors (Lipinski definition) is 8. The minimum atomic E-state index is -4.82. The summed E-state index contributed by atoms with van der Waals surface area (Å²) in [6.07, 6.45) is -9.40. The Morgan fingerprint density at radius 2 is 0.481 bits per heavy atom. The zero-order chi connectivity index (χ0) is 99.2. The van der Waals surface area contributed by atoms with E-state index in [1.165, 1.54) is 53.6 Å². The molecule has 0 aliphatic rings. The van der Waals surface area contributed by atoms with Crippen LogP contribution in [0.3, 0.4) is 0 Å².